The minimum Gasteiger partial charge on any atom is -0.480 e. The highest BCUT2D eigenvalue weighted by molar-refractivity contribution is 7.09. The van der Waals surface area contributed by atoms with Crippen LogP contribution in [0.4, 0.5) is 0 Å². The Morgan fingerprint density at radius 1 is 1.79 bits per heavy atom. The van der Waals surface area contributed by atoms with Gasteiger partial charge in [0.05, 0.1) is 11.2 Å². The highest BCUT2D eigenvalue weighted by Crippen LogP contribution is 2.41. The molecule has 0 bridgehead atoms. The van der Waals surface area contributed by atoms with Gasteiger partial charge >= 0.3 is 5.97 Å². The molecule has 0 saturated heterocycles. The molecule has 1 aliphatic carbocycles. The second kappa shape index (κ2) is 3.67. The van der Waals surface area contributed by atoms with Crippen molar-refractivity contribution in [1.82, 2.24) is 4.98 Å². The molecule has 0 amide bonds. The summed E-state index contributed by atoms with van der Waals surface area (Å²) in [6.07, 6.45) is 2.77. The van der Waals surface area contributed by atoms with Crippen molar-refractivity contribution in [2.75, 3.05) is 0 Å². The first-order valence-corrected chi connectivity index (χ1v) is 5.47. The number of thiazole rings is 1. The first-order chi connectivity index (χ1) is 6.68. The number of carbonyl (C=O) groups is 1. The maximum absolute atomic E-state index is 10.6. The average molecular weight is 212 g/mol. The highest BCUT2D eigenvalue weighted by atomic mass is 32.1. The van der Waals surface area contributed by atoms with Crippen molar-refractivity contribution in [3.63, 3.8) is 0 Å². The maximum atomic E-state index is 10.6. The number of aromatic nitrogens is 1. The molecule has 1 aromatic rings. The van der Waals surface area contributed by atoms with Crippen molar-refractivity contribution >= 4 is 17.3 Å². The normalized spacial score (nSPS) is 18.1. The fourth-order valence-corrected chi connectivity index (χ4v) is 2.32. The summed E-state index contributed by atoms with van der Waals surface area (Å²) in [4.78, 5) is 15.9. The lowest BCUT2D eigenvalue weighted by Gasteiger charge is -2.05. The number of hydrogen-bond donors (Lipinski definition) is 2. The van der Waals surface area contributed by atoms with Crippen LogP contribution in [0.5, 0.6) is 0 Å². The smallest absolute Gasteiger partial charge is 0.320 e. The van der Waals surface area contributed by atoms with Crippen LogP contribution in [-0.2, 0) is 11.2 Å². The molecule has 4 nitrogen and oxygen atoms in total. The Kier molecular flexibility index (Phi) is 2.52. The summed E-state index contributed by atoms with van der Waals surface area (Å²) >= 11 is 1.51. The fourth-order valence-electron chi connectivity index (χ4n) is 1.41. The summed E-state index contributed by atoms with van der Waals surface area (Å²) in [5.74, 6) is -0.377. The third kappa shape index (κ3) is 1.93. The van der Waals surface area contributed by atoms with Crippen LogP contribution in [0.25, 0.3) is 0 Å². The molecule has 14 heavy (non-hydrogen) atoms. The molecule has 1 saturated carbocycles. The Labute approximate surface area is 85.8 Å². The monoisotopic (exact) mass is 212 g/mol. The van der Waals surface area contributed by atoms with E-state index in [1.165, 1.54) is 24.2 Å². The molecular formula is C9H12N2O2S. The van der Waals surface area contributed by atoms with E-state index in [9.17, 15) is 4.79 Å². The van der Waals surface area contributed by atoms with E-state index in [1.807, 2.05) is 0 Å². The zero-order valence-corrected chi connectivity index (χ0v) is 8.46. The Bertz CT molecular complexity index is 346. The minimum absolute atomic E-state index is 0.409. The molecule has 76 valence electrons. The Hall–Kier alpha value is -0.940. The Morgan fingerprint density at radius 3 is 3.07 bits per heavy atom. The molecule has 1 fully saturated rings. The summed E-state index contributed by atoms with van der Waals surface area (Å²) in [7, 11) is 0. The van der Waals surface area contributed by atoms with Crippen molar-refractivity contribution in [3.8, 4) is 0 Å². The predicted octanol–water partition coefficient (Wildman–Crippen LogP) is 0.975. The lowest BCUT2D eigenvalue weighted by atomic mass is 10.1. The SMILES string of the molecule is NC(Cc1scnc1C1CC1)C(=O)O. The van der Waals surface area contributed by atoms with Crippen LogP contribution in [0.15, 0.2) is 5.51 Å². The quantitative estimate of drug-likeness (QED) is 0.779. The summed E-state index contributed by atoms with van der Waals surface area (Å²) in [6.45, 7) is 0. The van der Waals surface area contributed by atoms with E-state index >= 15 is 0 Å². The van der Waals surface area contributed by atoms with Gasteiger partial charge in [0.25, 0.3) is 0 Å². The van der Waals surface area contributed by atoms with Gasteiger partial charge < -0.3 is 10.8 Å². The Balaban J connectivity index is 2.08. The van der Waals surface area contributed by atoms with E-state index < -0.39 is 12.0 Å². The number of carboxylic acids is 1. The molecule has 1 atom stereocenters. The molecule has 1 unspecified atom stereocenters. The molecule has 5 heteroatoms. The molecule has 0 aliphatic heterocycles. The van der Waals surface area contributed by atoms with E-state index in [-0.39, 0.29) is 0 Å². The lowest BCUT2D eigenvalue weighted by molar-refractivity contribution is -0.138. The summed E-state index contributed by atoms with van der Waals surface area (Å²) in [6, 6.07) is -0.798. The van der Waals surface area contributed by atoms with Gasteiger partial charge in [0, 0.05) is 17.2 Å². The van der Waals surface area contributed by atoms with Gasteiger partial charge in [-0.3, -0.25) is 4.79 Å². The molecule has 0 aromatic carbocycles. The number of nitrogens with zero attached hydrogens (tertiary/aromatic N) is 1. The molecule has 2 rings (SSSR count). The topological polar surface area (TPSA) is 76.2 Å². The van der Waals surface area contributed by atoms with Crippen molar-refractivity contribution in [2.45, 2.75) is 31.2 Å². The third-order valence-corrected chi connectivity index (χ3v) is 3.23. The number of hydrogen-bond acceptors (Lipinski definition) is 4. The van der Waals surface area contributed by atoms with Gasteiger partial charge in [-0.15, -0.1) is 11.3 Å². The van der Waals surface area contributed by atoms with Crippen LogP contribution in [0.3, 0.4) is 0 Å². The molecule has 1 aliphatic rings. The Morgan fingerprint density at radius 2 is 2.50 bits per heavy atom. The van der Waals surface area contributed by atoms with Crippen molar-refractivity contribution in [2.24, 2.45) is 5.73 Å². The van der Waals surface area contributed by atoms with Crippen molar-refractivity contribution in [1.29, 1.82) is 0 Å². The van der Waals surface area contributed by atoms with Crippen molar-refractivity contribution < 1.29 is 9.90 Å². The van der Waals surface area contributed by atoms with Gasteiger partial charge in [0.15, 0.2) is 0 Å². The van der Waals surface area contributed by atoms with Crippen LogP contribution in [0.1, 0.15) is 29.3 Å². The van der Waals surface area contributed by atoms with Gasteiger partial charge in [-0.05, 0) is 12.8 Å². The van der Waals surface area contributed by atoms with E-state index in [0.717, 1.165) is 10.6 Å². The van der Waals surface area contributed by atoms with Gasteiger partial charge in [0.2, 0.25) is 0 Å². The molecular weight excluding hydrogens is 200 g/mol. The maximum Gasteiger partial charge on any atom is 0.320 e. The fraction of sp³-hybridized carbons (Fsp3) is 0.556. The van der Waals surface area contributed by atoms with E-state index in [1.54, 1.807) is 5.51 Å². The largest absolute Gasteiger partial charge is 0.480 e. The van der Waals surface area contributed by atoms with Crippen LogP contribution in [0, 0.1) is 0 Å². The lowest BCUT2D eigenvalue weighted by Crippen LogP contribution is -2.32. The standard InChI is InChI=1S/C9H12N2O2S/c10-6(9(12)13)3-7-8(5-1-2-5)11-4-14-7/h4-6H,1-3,10H2,(H,12,13). The highest BCUT2D eigenvalue weighted by Gasteiger charge is 2.29. The molecule has 0 spiro atoms. The zero-order valence-electron chi connectivity index (χ0n) is 7.64. The molecule has 1 aromatic heterocycles. The van der Waals surface area contributed by atoms with E-state index in [0.29, 0.717) is 12.3 Å². The number of rotatable bonds is 4. The zero-order chi connectivity index (χ0) is 10.1. The van der Waals surface area contributed by atoms with Crippen LogP contribution < -0.4 is 5.73 Å². The number of carboxylic acid groups (broad SMARTS) is 1. The summed E-state index contributed by atoms with van der Waals surface area (Å²) < 4.78 is 0. The second-order valence-electron chi connectivity index (χ2n) is 3.58. The van der Waals surface area contributed by atoms with E-state index in [2.05, 4.69) is 4.98 Å². The van der Waals surface area contributed by atoms with Gasteiger partial charge in [-0.25, -0.2) is 4.98 Å². The predicted molar refractivity (Wildman–Crippen MR) is 53.4 cm³/mol. The summed E-state index contributed by atoms with van der Waals surface area (Å²) in [5.41, 5.74) is 8.33. The third-order valence-electron chi connectivity index (χ3n) is 2.36. The number of nitrogens with two attached hydrogens (primary N) is 1. The van der Waals surface area contributed by atoms with Crippen LogP contribution in [0.2, 0.25) is 0 Å². The van der Waals surface area contributed by atoms with Gasteiger partial charge in [0.1, 0.15) is 6.04 Å². The summed E-state index contributed by atoms with van der Waals surface area (Å²) in [5, 5.41) is 8.69. The molecule has 3 N–H and O–H groups in total. The first-order valence-electron chi connectivity index (χ1n) is 4.59. The first kappa shape index (κ1) is 9.61. The van der Waals surface area contributed by atoms with Gasteiger partial charge in [-0.1, -0.05) is 0 Å². The molecule has 1 heterocycles. The average Bonchev–Trinajstić information content (AvgIpc) is 2.88. The van der Waals surface area contributed by atoms with Crippen molar-refractivity contribution in [3.05, 3.63) is 16.1 Å². The molecule has 0 radical (unpaired) electrons. The second-order valence-corrected chi connectivity index (χ2v) is 4.52. The van der Waals surface area contributed by atoms with Gasteiger partial charge in [-0.2, -0.15) is 0 Å². The van der Waals surface area contributed by atoms with E-state index in [4.69, 9.17) is 10.8 Å². The number of aliphatic carboxylic acids is 1. The minimum atomic E-state index is -0.944. The van der Waals surface area contributed by atoms with Crippen LogP contribution in [-0.4, -0.2) is 22.1 Å². The van der Waals surface area contributed by atoms with Crippen LogP contribution >= 0.6 is 11.3 Å².